The third kappa shape index (κ3) is 8.12. The molecule has 0 heterocycles. The number of phenols is 1. The minimum atomic E-state index is -6.38. The van der Waals surface area contributed by atoms with Crippen LogP contribution in [-0.4, -0.2) is 88.3 Å². The van der Waals surface area contributed by atoms with E-state index >= 15 is 0 Å². The van der Waals surface area contributed by atoms with Gasteiger partial charge in [0.05, 0.1) is 4.90 Å². The normalized spacial score (nSPS) is 15.6. The molecule has 0 aliphatic carbocycles. The van der Waals surface area contributed by atoms with Crippen LogP contribution in [-0.2, 0) is 19.6 Å². The highest BCUT2D eigenvalue weighted by molar-refractivity contribution is 7.85. The van der Waals surface area contributed by atoms with Crippen LogP contribution in [0.15, 0.2) is 17.0 Å². The van der Waals surface area contributed by atoms with Crippen LogP contribution in [0.2, 0.25) is 0 Å². The van der Waals surface area contributed by atoms with Gasteiger partial charge >= 0.3 is 36.6 Å². The molecule has 0 bridgehead atoms. The maximum atomic E-state index is 12.9. The van der Waals surface area contributed by atoms with Gasteiger partial charge in [-0.3, -0.25) is 4.55 Å². The van der Waals surface area contributed by atoms with E-state index < -0.39 is 105 Å². The van der Waals surface area contributed by atoms with E-state index in [4.69, 9.17) is 0 Å². The van der Waals surface area contributed by atoms with Crippen molar-refractivity contribution in [3.05, 3.63) is 23.3 Å². The molecule has 4 N–H and O–H groups in total. The van der Waals surface area contributed by atoms with Crippen molar-refractivity contribution in [1.29, 1.82) is 0 Å². The van der Waals surface area contributed by atoms with Crippen LogP contribution in [0.5, 0.6) is 5.75 Å². The molecule has 0 aliphatic rings. The van der Waals surface area contributed by atoms with Gasteiger partial charge in [0.2, 0.25) is 0 Å². The summed E-state index contributed by atoms with van der Waals surface area (Å²) in [5, 5.41) is 28.6. The van der Waals surface area contributed by atoms with Gasteiger partial charge in [-0.15, -0.1) is 0 Å². The Morgan fingerprint density at radius 3 is 1.16 bits per heavy atom. The second-order valence-corrected chi connectivity index (χ2v) is 10.3. The standard InChI is InChI=1S/C20H18F12O10S/c1-7(5-15(36,17(21,22)23)18(24,25)26)41-13(34)10-3-9(43(38,39)40)4-11(12(10)33)14(35)42-8(2)6-16(37,19(27,28)29)20(30,31)32/h3-4,7-8,33,36-37H,5-6H2,1-2H3,(H,38,39,40). The zero-order valence-corrected chi connectivity index (χ0v) is 21.7. The first-order valence-corrected chi connectivity index (χ1v) is 12.2. The predicted octanol–water partition coefficient (Wildman–Crippen LogP) is 4.22. The maximum absolute atomic E-state index is 12.9. The van der Waals surface area contributed by atoms with Crippen molar-refractivity contribution in [3.8, 4) is 5.75 Å². The van der Waals surface area contributed by atoms with Crippen LogP contribution in [0, 0.1) is 0 Å². The van der Waals surface area contributed by atoms with Gasteiger partial charge in [0.1, 0.15) is 29.1 Å². The Balaban J connectivity index is 3.48. The van der Waals surface area contributed by atoms with Gasteiger partial charge in [0.25, 0.3) is 21.3 Å². The van der Waals surface area contributed by atoms with Crippen molar-refractivity contribution in [3.63, 3.8) is 0 Å². The third-order valence-electron chi connectivity index (χ3n) is 5.48. The third-order valence-corrected chi connectivity index (χ3v) is 6.31. The van der Waals surface area contributed by atoms with E-state index in [0.717, 1.165) is 0 Å². The van der Waals surface area contributed by atoms with Crippen LogP contribution < -0.4 is 0 Å². The van der Waals surface area contributed by atoms with E-state index in [9.17, 15) is 90.6 Å². The molecule has 0 saturated carbocycles. The van der Waals surface area contributed by atoms with E-state index in [2.05, 4.69) is 9.47 Å². The van der Waals surface area contributed by atoms with Gasteiger partial charge in [-0.25, -0.2) is 9.59 Å². The Kier molecular flexibility index (Phi) is 10.4. The highest BCUT2D eigenvalue weighted by Crippen LogP contribution is 2.47. The Morgan fingerprint density at radius 1 is 0.698 bits per heavy atom. The van der Waals surface area contributed by atoms with Crippen molar-refractivity contribution < 1.29 is 100 Å². The van der Waals surface area contributed by atoms with Crippen molar-refractivity contribution in [1.82, 2.24) is 0 Å². The predicted molar refractivity (Wildman–Crippen MR) is 111 cm³/mol. The largest absolute Gasteiger partial charge is 0.506 e. The number of carbonyl (C=O) groups is 2. The van der Waals surface area contributed by atoms with Gasteiger partial charge in [-0.1, -0.05) is 0 Å². The van der Waals surface area contributed by atoms with Crippen LogP contribution >= 0.6 is 0 Å². The van der Waals surface area contributed by atoms with Gasteiger partial charge in [-0.2, -0.15) is 61.1 Å². The molecule has 10 nitrogen and oxygen atoms in total. The summed E-state index contributed by atoms with van der Waals surface area (Å²) in [7, 11) is -5.53. The number of alkyl halides is 12. The Labute approximate surface area is 231 Å². The first kappa shape index (κ1) is 38.0. The second-order valence-electron chi connectivity index (χ2n) is 8.89. The SMILES string of the molecule is CC(CC(O)(C(F)(F)F)C(F)(F)F)OC(=O)c1cc(S(=O)(=O)O)cc(C(=O)OC(C)CC(O)(C(F)(F)F)C(F)(F)F)c1O. The number of hydrogen-bond donors (Lipinski definition) is 4. The van der Waals surface area contributed by atoms with Crippen molar-refractivity contribution in [2.45, 2.75) is 79.7 Å². The monoisotopic (exact) mass is 678 g/mol. The van der Waals surface area contributed by atoms with Crippen LogP contribution in [0.3, 0.4) is 0 Å². The summed E-state index contributed by atoms with van der Waals surface area (Å²) in [6, 6.07) is -0.0720. The average Bonchev–Trinajstić information content (AvgIpc) is 2.74. The number of aliphatic hydroxyl groups is 2. The van der Waals surface area contributed by atoms with Crippen molar-refractivity contribution in [2.75, 3.05) is 0 Å². The Hall–Kier alpha value is -3.05. The first-order valence-electron chi connectivity index (χ1n) is 10.8. The quantitative estimate of drug-likeness (QED) is 0.169. The molecule has 0 fully saturated rings. The smallest absolute Gasteiger partial charge is 0.426 e. The lowest BCUT2D eigenvalue weighted by atomic mass is 9.95. The maximum Gasteiger partial charge on any atom is 0.426 e. The Morgan fingerprint density at radius 2 is 0.953 bits per heavy atom. The molecular weight excluding hydrogens is 660 g/mol. The molecule has 0 spiro atoms. The van der Waals surface area contributed by atoms with Crippen molar-refractivity contribution in [2.24, 2.45) is 0 Å². The molecule has 0 radical (unpaired) electrons. The number of esters is 2. The molecule has 2 atom stereocenters. The summed E-state index contributed by atoms with van der Waals surface area (Å²) in [5.41, 5.74) is -14.1. The molecule has 1 aromatic carbocycles. The summed E-state index contributed by atoms with van der Waals surface area (Å²) in [4.78, 5) is 23.3. The highest BCUT2D eigenvalue weighted by Gasteiger charge is 2.71. The van der Waals surface area contributed by atoms with E-state index in [1.54, 1.807) is 0 Å². The minimum Gasteiger partial charge on any atom is -0.506 e. The summed E-state index contributed by atoms with van der Waals surface area (Å²) in [6.07, 6.45) is -35.4. The topological polar surface area (TPSA) is 168 Å². The van der Waals surface area contributed by atoms with Gasteiger partial charge in [-0.05, 0) is 26.0 Å². The van der Waals surface area contributed by atoms with Crippen LogP contribution in [0.25, 0.3) is 0 Å². The molecule has 1 rings (SSSR count). The fraction of sp³-hybridized carbons (Fsp3) is 0.600. The van der Waals surface area contributed by atoms with E-state index in [1.165, 1.54) is 0 Å². The number of rotatable bonds is 9. The fourth-order valence-electron chi connectivity index (χ4n) is 3.26. The first-order chi connectivity index (χ1) is 18.8. The molecule has 43 heavy (non-hydrogen) atoms. The molecule has 0 aromatic heterocycles. The summed E-state index contributed by atoms with van der Waals surface area (Å²) >= 11 is 0. The molecule has 0 aliphatic heterocycles. The van der Waals surface area contributed by atoms with Crippen LogP contribution in [0.1, 0.15) is 47.4 Å². The number of phenolic OH excluding ortho intramolecular Hbond substituents is 1. The van der Waals surface area contributed by atoms with Gasteiger partial charge in [0, 0.05) is 12.8 Å². The molecular formula is C20H18F12O10S. The molecule has 248 valence electrons. The van der Waals surface area contributed by atoms with E-state index in [-0.39, 0.29) is 12.1 Å². The molecule has 0 amide bonds. The second kappa shape index (κ2) is 11.8. The van der Waals surface area contributed by atoms with Crippen LogP contribution in [0.4, 0.5) is 52.7 Å². The van der Waals surface area contributed by atoms with Crippen molar-refractivity contribution >= 4 is 22.1 Å². The molecule has 2 unspecified atom stereocenters. The lowest BCUT2D eigenvalue weighted by molar-refractivity contribution is -0.373. The van der Waals surface area contributed by atoms with E-state index in [1.807, 2.05) is 0 Å². The molecule has 23 heteroatoms. The summed E-state index contributed by atoms with van der Waals surface area (Å²) in [5.74, 6) is -6.19. The minimum absolute atomic E-state index is 0.0360. The summed E-state index contributed by atoms with van der Waals surface area (Å²) < 4.78 is 196. The Bertz CT molecular complexity index is 1210. The van der Waals surface area contributed by atoms with E-state index in [0.29, 0.717) is 13.8 Å². The zero-order chi connectivity index (χ0) is 34.4. The number of carbonyl (C=O) groups excluding carboxylic acids is 2. The average molecular weight is 678 g/mol. The number of hydrogen-bond acceptors (Lipinski definition) is 9. The number of benzene rings is 1. The number of halogens is 12. The number of aromatic hydroxyl groups is 1. The lowest BCUT2D eigenvalue weighted by Crippen LogP contribution is -2.58. The molecule has 1 aromatic rings. The summed E-state index contributed by atoms with van der Waals surface area (Å²) in [6.45, 7) is 0.729. The molecule has 0 saturated heterocycles. The fourth-order valence-corrected chi connectivity index (χ4v) is 3.79. The highest BCUT2D eigenvalue weighted by atomic mass is 32.2. The van der Waals surface area contributed by atoms with Gasteiger partial charge in [0.15, 0.2) is 0 Å². The van der Waals surface area contributed by atoms with Gasteiger partial charge < -0.3 is 24.8 Å². The zero-order valence-electron chi connectivity index (χ0n) is 20.9. The number of ether oxygens (including phenoxy) is 2. The lowest BCUT2D eigenvalue weighted by Gasteiger charge is -2.34.